The number of pyridine rings is 1. The summed E-state index contributed by atoms with van der Waals surface area (Å²) in [4.78, 5) is 4.38. The van der Waals surface area contributed by atoms with Gasteiger partial charge in [0.05, 0.1) is 22.5 Å². The van der Waals surface area contributed by atoms with E-state index in [1.54, 1.807) is 6.20 Å². The molecule has 0 unspecified atom stereocenters. The summed E-state index contributed by atoms with van der Waals surface area (Å²) in [7, 11) is 0. The molecule has 0 saturated heterocycles. The zero-order valence-corrected chi connectivity index (χ0v) is 13.1. The fourth-order valence-corrected chi connectivity index (χ4v) is 2.63. The predicted molar refractivity (Wildman–Crippen MR) is 95.4 cm³/mol. The van der Waals surface area contributed by atoms with Gasteiger partial charge in [0.15, 0.2) is 0 Å². The van der Waals surface area contributed by atoms with Gasteiger partial charge >= 0.3 is 0 Å². The first-order valence-electron chi connectivity index (χ1n) is 7.14. The number of fused-ring (bicyclic) bond motifs is 1. The minimum absolute atomic E-state index is 0.364. The molecule has 0 aliphatic rings. The molecule has 3 rings (SSSR count). The molecule has 3 aromatic rings. The monoisotopic (exact) mass is 319 g/mol. The van der Waals surface area contributed by atoms with Crippen molar-refractivity contribution in [2.45, 2.75) is 0 Å². The summed E-state index contributed by atoms with van der Waals surface area (Å²) in [5, 5.41) is 14.7. The van der Waals surface area contributed by atoms with Crippen LogP contribution in [0.5, 0.6) is 0 Å². The molecular formula is C19H14ClN3. The predicted octanol–water partition coefficient (Wildman–Crippen LogP) is 5.05. The van der Waals surface area contributed by atoms with E-state index in [1.807, 2.05) is 48.5 Å². The Balaban J connectivity index is 2.09. The Bertz CT molecular complexity index is 911. The van der Waals surface area contributed by atoms with Crippen molar-refractivity contribution in [1.82, 2.24) is 4.98 Å². The number of hydrogen-bond acceptors (Lipinski definition) is 3. The first-order valence-corrected chi connectivity index (χ1v) is 7.52. The molecule has 0 aliphatic carbocycles. The highest BCUT2D eigenvalue weighted by Crippen LogP contribution is 2.33. The van der Waals surface area contributed by atoms with Gasteiger partial charge in [0, 0.05) is 29.3 Å². The Morgan fingerprint density at radius 1 is 1.22 bits per heavy atom. The van der Waals surface area contributed by atoms with Crippen LogP contribution in [0, 0.1) is 11.3 Å². The third-order valence-corrected chi connectivity index (χ3v) is 3.88. The quantitative estimate of drug-likeness (QED) is 0.685. The molecule has 0 amide bonds. The van der Waals surface area contributed by atoms with Gasteiger partial charge in [0.2, 0.25) is 0 Å². The first kappa shape index (κ1) is 15.1. The molecule has 0 saturated carbocycles. The SMILES string of the molecule is C=C(C#N)CNc1c(Cl)ccc2ccc(-c3ccccn3)cc12. The van der Waals surface area contributed by atoms with Crippen LogP contribution in [0.15, 0.2) is 66.9 Å². The van der Waals surface area contributed by atoms with E-state index >= 15 is 0 Å². The second kappa shape index (κ2) is 6.51. The highest BCUT2D eigenvalue weighted by molar-refractivity contribution is 6.35. The average molecular weight is 320 g/mol. The maximum atomic E-state index is 8.86. The molecule has 0 radical (unpaired) electrons. The zero-order valence-electron chi connectivity index (χ0n) is 12.4. The lowest BCUT2D eigenvalue weighted by molar-refractivity contribution is 1.28. The van der Waals surface area contributed by atoms with Crippen LogP contribution in [-0.4, -0.2) is 11.5 Å². The van der Waals surface area contributed by atoms with Crippen molar-refractivity contribution >= 4 is 28.1 Å². The molecule has 0 atom stereocenters. The Morgan fingerprint density at radius 3 is 2.78 bits per heavy atom. The summed E-state index contributed by atoms with van der Waals surface area (Å²) in [5.41, 5.74) is 3.18. The van der Waals surface area contributed by atoms with Gasteiger partial charge in [-0.25, -0.2) is 0 Å². The second-order valence-electron chi connectivity index (χ2n) is 5.14. The molecule has 2 aromatic carbocycles. The van der Waals surface area contributed by atoms with E-state index in [-0.39, 0.29) is 0 Å². The molecule has 1 N–H and O–H groups in total. The zero-order chi connectivity index (χ0) is 16.2. The van der Waals surface area contributed by atoms with Gasteiger partial charge in [-0.2, -0.15) is 5.26 Å². The van der Waals surface area contributed by atoms with E-state index in [1.165, 1.54) is 0 Å². The number of nitrogens with zero attached hydrogens (tertiary/aromatic N) is 2. The summed E-state index contributed by atoms with van der Waals surface area (Å²) in [5.74, 6) is 0. The van der Waals surface area contributed by atoms with Crippen molar-refractivity contribution in [3.8, 4) is 17.3 Å². The number of nitriles is 1. The third kappa shape index (κ3) is 3.18. The number of anilines is 1. The third-order valence-electron chi connectivity index (χ3n) is 3.57. The highest BCUT2D eigenvalue weighted by atomic mass is 35.5. The van der Waals surface area contributed by atoms with Crippen LogP contribution in [0.3, 0.4) is 0 Å². The van der Waals surface area contributed by atoms with E-state index in [2.05, 4.69) is 22.9 Å². The molecular weight excluding hydrogens is 306 g/mol. The molecule has 1 aromatic heterocycles. The number of nitrogens with one attached hydrogen (secondary N) is 1. The van der Waals surface area contributed by atoms with Crippen LogP contribution in [-0.2, 0) is 0 Å². The Hall–Kier alpha value is -2.83. The summed E-state index contributed by atoms with van der Waals surface area (Å²) in [6, 6.07) is 17.8. The lowest BCUT2D eigenvalue weighted by Crippen LogP contribution is -2.04. The van der Waals surface area contributed by atoms with E-state index in [0.717, 1.165) is 27.7 Å². The number of halogens is 1. The number of benzene rings is 2. The standard InChI is InChI=1S/C19H14ClN3/c1-13(11-21)12-23-19-16-10-15(18-4-2-3-9-22-18)6-5-14(16)7-8-17(19)20/h2-10,23H,1,12H2. The fourth-order valence-electron chi connectivity index (χ4n) is 2.40. The van der Waals surface area contributed by atoms with Crippen molar-refractivity contribution in [2.24, 2.45) is 0 Å². The van der Waals surface area contributed by atoms with Gasteiger partial charge < -0.3 is 5.32 Å². The highest BCUT2D eigenvalue weighted by Gasteiger charge is 2.08. The maximum Gasteiger partial charge on any atom is 0.0959 e. The topological polar surface area (TPSA) is 48.7 Å². The van der Waals surface area contributed by atoms with Crippen LogP contribution in [0.2, 0.25) is 5.02 Å². The van der Waals surface area contributed by atoms with Crippen LogP contribution >= 0.6 is 11.6 Å². The summed E-state index contributed by atoms with van der Waals surface area (Å²) in [6.45, 7) is 4.05. The maximum absolute atomic E-state index is 8.86. The largest absolute Gasteiger partial charge is 0.379 e. The van der Waals surface area contributed by atoms with Gasteiger partial charge in [-0.15, -0.1) is 0 Å². The average Bonchev–Trinajstić information content (AvgIpc) is 2.61. The molecule has 0 spiro atoms. The van der Waals surface area contributed by atoms with Gasteiger partial charge in [-0.3, -0.25) is 4.98 Å². The van der Waals surface area contributed by atoms with E-state index in [9.17, 15) is 0 Å². The van der Waals surface area contributed by atoms with E-state index in [0.29, 0.717) is 17.1 Å². The van der Waals surface area contributed by atoms with E-state index in [4.69, 9.17) is 16.9 Å². The van der Waals surface area contributed by atoms with Crippen molar-refractivity contribution < 1.29 is 0 Å². The van der Waals surface area contributed by atoms with Crippen molar-refractivity contribution in [1.29, 1.82) is 5.26 Å². The molecule has 3 nitrogen and oxygen atoms in total. The van der Waals surface area contributed by atoms with Crippen LogP contribution in [0.1, 0.15) is 0 Å². The summed E-state index contributed by atoms with van der Waals surface area (Å²) in [6.07, 6.45) is 1.77. The molecule has 112 valence electrons. The van der Waals surface area contributed by atoms with Crippen LogP contribution in [0.25, 0.3) is 22.0 Å². The number of hydrogen-bond donors (Lipinski definition) is 1. The van der Waals surface area contributed by atoms with Gasteiger partial charge in [-0.1, -0.05) is 42.4 Å². The summed E-state index contributed by atoms with van der Waals surface area (Å²) < 4.78 is 0. The summed E-state index contributed by atoms with van der Waals surface area (Å²) >= 11 is 6.34. The number of aromatic nitrogens is 1. The molecule has 0 aliphatic heterocycles. The van der Waals surface area contributed by atoms with Gasteiger partial charge in [-0.05, 0) is 29.7 Å². The van der Waals surface area contributed by atoms with Gasteiger partial charge in [0.1, 0.15) is 0 Å². The number of rotatable bonds is 4. The van der Waals surface area contributed by atoms with Crippen LogP contribution < -0.4 is 5.32 Å². The molecule has 4 heteroatoms. The van der Waals surface area contributed by atoms with Crippen molar-refractivity contribution in [2.75, 3.05) is 11.9 Å². The smallest absolute Gasteiger partial charge is 0.0959 e. The lowest BCUT2D eigenvalue weighted by atomic mass is 10.0. The Labute approximate surface area is 139 Å². The first-order chi connectivity index (χ1) is 11.2. The van der Waals surface area contributed by atoms with E-state index < -0.39 is 0 Å². The molecule has 0 fully saturated rings. The molecule has 0 bridgehead atoms. The fraction of sp³-hybridized carbons (Fsp3) is 0.0526. The minimum Gasteiger partial charge on any atom is -0.379 e. The van der Waals surface area contributed by atoms with Gasteiger partial charge in [0.25, 0.3) is 0 Å². The lowest BCUT2D eigenvalue weighted by Gasteiger charge is -2.12. The second-order valence-corrected chi connectivity index (χ2v) is 5.55. The minimum atomic E-state index is 0.364. The molecule has 23 heavy (non-hydrogen) atoms. The molecule has 1 heterocycles. The Morgan fingerprint density at radius 2 is 2.04 bits per heavy atom. The van der Waals surface area contributed by atoms with Crippen molar-refractivity contribution in [3.63, 3.8) is 0 Å². The Kier molecular flexibility index (Phi) is 4.27. The van der Waals surface area contributed by atoms with Crippen molar-refractivity contribution in [3.05, 3.63) is 71.9 Å². The van der Waals surface area contributed by atoms with Crippen LogP contribution in [0.4, 0.5) is 5.69 Å². The normalized spacial score (nSPS) is 10.3.